The zero-order valence-electron chi connectivity index (χ0n) is 14.4. The van der Waals surface area contributed by atoms with Crippen LogP contribution >= 0.6 is 24.8 Å². The Morgan fingerprint density at radius 3 is 2.50 bits per heavy atom. The van der Waals surface area contributed by atoms with E-state index in [1.165, 1.54) is 18.2 Å². The summed E-state index contributed by atoms with van der Waals surface area (Å²) in [4.78, 5) is 7.83. The normalized spacial score (nSPS) is 23.9. The molecule has 2 aliphatic heterocycles. The predicted octanol–water partition coefficient (Wildman–Crippen LogP) is 4.74. The fourth-order valence-electron chi connectivity index (χ4n) is 4.13. The van der Waals surface area contributed by atoms with Crippen LogP contribution in [0.3, 0.4) is 0 Å². The molecule has 2 aromatic heterocycles. The standard InChI is InChI=1S/C20H21N3O.2ClH/c1-5-19-14(7-8-21-19)9-13(1)20-6-4-17(12-22-20)24-18-10-15-2-3-16(11-18)23-15;;/h1,4-9,12,15-16,18,21,23H,2-3,10-11H2;2*1H. The molecule has 4 nitrogen and oxygen atoms in total. The van der Waals surface area contributed by atoms with Gasteiger partial charge in [0.1, 0.15) is 11.9 Å². The average molecular weight is 392 g/mol. The third-order valence-corrected chi connectivity index (χ3v) is 5.32. The molecule has 5 rings (SSSR count). The minimum Gasteiger partial charge on any atom is -0.489 e. The molecule has 6 heteroatoms. The minimum absolute atomic E-state index is 0. The van der Waals surface area contributed by atoms with Crippen LogP contribution in [0.15, 0.2) is 48.8 Å². The number of fused-ring (bicyclic) bond motifs is 3. The topological polar surface area (TPSA) is 49.9 Å². The van der Waals surface area contributed by atoms with Crippen molar-refractivity contribution in [2.45, 2.75) is 43.9 Å². The number of halogens is 2. The van der Waals surface area contributed by atoms with Gasteiger partial charge in [0.05, 0.1) is 11.9 Å². The maximum absolute atomic E-state index is 6.18. The highest BCUT2D eigenvalue weighted by Gasteiger charge is 2.34. The lowest BCUT2D eigenvalue weighted by Gasteiger charge is -2.29. The highest BCUT2D eigenvalue weighted by Crippen LogP contribution is 2.30. The number of hydrogen-bond acceptors (Lipinski definition) is 3. The second-order valence-electron chi connectivity index (χ2n) is 7.01. The first-order valence-electron chi connectivity index (χ1n) is 8.80. The summed E-state index contributed by atoms with van der Waals surface area (Å²) in [5.41, 5.74) is 3.27. The van der Waals surface area contributed by atoms with Crippen molar-refractivity contribution in [2.24, 2.45) is 0 Å². The van der Waals surface area contributed by atoms with Crippen molar-refractivity contribution in [3.05, 3.63) is 48.8 Å². The second-order valence-corrected chi connectivity index (χ2v) is 7.01. The summed E-state index contributed by atoms with van der Waals surface area (Å²) in [6, 6.07) is 13.9. The maximum Gasteiger partial charge on any atom is 0.138 e. The van der Waals surface area contributed by atoms with E-state index in [0.717, 1.165) is 35.4 Å². The molecule has 26 heavy (non-hydrogen) atoms. The fourth-order valence-corrected chi connectivity index (χ4v) is 4.13. The Balaban J connectivity index is 0.000000980. The van der Waals surface area contributed by atoms with Gasteiger partial charge in [-0.2, -0.15) is 0 Å². The van der Waals surface area contributed by atoms with Crippen LogP contribution < -0.4 is 10.1 Å². The Bertz CT molecular complexity index is 853. The lowest BCUT2D eigenvalue weighted by molar-refractivity contribution is 0.137. The lowest BCUT2D eigenvalue weighted by Crippen LogP contribution is -2.42. The second kappa shape index (κ2) is 7.87. The van der Waals surface area contributed by atoms with Gasteiger partial charge in [0, 0.05) is 34.7 Å². The van der Waals surface area contributed by atoms with E-state index in [-0.39, 0.29) is 24.8 Å². The zero-order valence-corrected chi connectivity index (χ0v) is 16.0. The largest absolute Gasteiger partial charge is 0.489 e. The summed E-state index contributed by atoms with van der Waals surface area (Å²) in [5, 5.41) is 4.86. The van der Waals surface area contributed by atoms with E-state index in [4.69, 9.17) is 4.74 Å². The van der Waals surface area contributed by atoms with E-state index >= 15 is 0 Å². The predicted molar refractivity (Wildman–Crippen MR) is 110 cm³/mol. The first kappa shape index (κ1) is 19.0. The van der Waals surface area contributed by atoms with Gasteiger partial charge in [-0.15, -0.1) is 24.8 Å². The van der Waals surface area contributed by atoms with Gasteiger partial charge in [-0.1, -0.05) is 6.07 Å². The zero-order chi connectivity index (χ0) is 15.9. The summed E-state index contributed by atoms with van der Waals surface area (Å²) < 4.78 is 6.18. The first-order chi connectivity index (χ1) is 11.8. The Kier molecular flexibility index (Phi) is 5.76. The van der Waals surface area contributed by atoms with Crippen LogP contribution in [0.5, 0.6) is 5.75 Å². The average Bonchev–Trinajstić information content (AvgIpc) is 3.21. The number of H-pyrrole nitrogens is 1. The SMILES string of the molecule is Cl.Cl.c1cc2cc(-c3ccc(OC4CC5CCC(C4)N5)cn3)ccc2[nH]1. The molecule has 2 bridgehead atoms. The van der Waals surface area contributed by atoms with E-state index in [2.05, 4.69) is 45.6 Å². The first-order valence-corrected chi connectivity index (χ1v) is 8.80. The maximum atomic E-state index is 6.18. The van der Waals surface area contributed by atoms with Gasteiger partial charge in [-0.05, 0) is 56.0 Å². The molecule has 4 heterocycles. The fraction of sp³-hybridized carbons (Fsp3) is 0.350. The van der Waals surface area contributed by atoms with Crippen molar-refractivity contribution in [2.75, 3.05) is 0 Å². The molecule has 2 saturated heterocycles. The monoisotopic (exact) mass is 391 g/mol. The summed E-state index contributed by atoms with van der Waals surface area (Å²) in [7, 11) is 0. The highest BCUT2D eigenvalue weighted by atomic mass is 35.5. The van der Waals surface area contributed by atoms with Gasteiger partial charge in [0.2, 0.25) is 0 Å². The van der Waals surface area contributed by atoms with Crippen LogP contribution in [-0.4, -0.2) is 28.2 Å². The van der Waals surface area contributed by atoms with Gasteiger partial charge in [-0.3, -0.25) is 4.98 Å². The van der Waals surface area contributed by atoms with Gasteiger partial charge < -0.3 is 15.0 Å². The molecule has 1 aromatic carbocycles. The van der Waals surface area contributed by atoms with Crippen LogP contribution in [0.4, 0.5) is 0 Å². The lowest BCUT2D eigenvalue weighted by atomic mass is 10.0. The van der Waals surface area contributed by atoms with Crippen LogP contribution in [0.1, 0.15) is 25.7 Å². The number of ether oxygens (including phenoxy) is 1. The van der Waals surface area contributed by atoms with E-state index < -0.39 is 0 Å². The van der Waals surface area contributed by atoms with Gasteiger partial charge in [0.15, 0.2) is 0 Å². The van der Waals surface area contributed by atoms with E-state index in [1.54, 1.807) is 0 Å². The summed E-state index contributed by atoms with van der Waals surface area (Å²) >= 11 is 0. The quantitative estimate of drug-likeness (QED) is 0.677. The molecular weight excluding hydrogens is 369 g/mol. The van der Waals surface area contributed by atoms with Gasteiger partial charge in [-0.25, -0.2) is 0 Å². The molecule has 0 radical (unpaired) electrons. The molecule has 0 amide bonds. The molecule has 3 aromatic rings. The molecule has 138 valence electrons. The highest BCUT2D eigenvalue weighted by molar-refractivity contribution is 5.86. The number of aromatic nitrogens is 2. The summed E-state index contributed by atoms with van der Waals surface area (Å²) in [6.07, 6.45) is 8.97. The number of nitrogens with one attached hydrogen (secondary N) is 2. The van der Waals surface area contributed by atoms with Crippen LogP contribution in [0.25, 0.3) is 22.2 Å². The van der Waals surface area contributed by atoms with Crippen molar-refractivity contribution in [3.63, 3.8) is 0 Å². The third kappa shape index (κ3) is 3.68. The van der Waals surface area contributed by atoms with Crippen molar-refractivity contribution in [3.8, 4) is 17.0 Å². The number of pyridine rings is 1. The number of rotatable bonds is 3. The number of aromatic amines is 1. The van der Waals surface area contributed by atoms with Gasteiger partial charge in [0.25, 0.3) is 0 Å². The Labute approximate surface area is 165 Å². The number of benzene rings is 1. The summed E-state index contributed by atoms with van der Waals surface area (Å²) in [6.45, 7) is 0. The van der Waals surface area contributed by atoms with Crippen molar-refractivity contribution >= 4 is 35.7 Å². The number of piperidine rings is 1. The molecular formula is C20H23Cl2N3O. The van der Waals surface area contributed by atoms with Crippen molar-refractivity contribution in [1.82, 2.24) is 15.3 Å². The van der Waals surface area contributed by atoms with Crippen molar-refractivity contribution in [1.29, 1.82) is 0 Å². The van der Waals surface area contributed by atoms with Crippen LogP contribution in [0.2, 0.25) is 0 Å². The molecule has 0 saturated carbocycles. The van der Waals surface area contributed by atoms with Crippen LogP contribution in [0, 0.1) is 0 Å². The van der Waals surface area contributed by atoms with Crippen LogP contribution in [-0.2, 0) is 0 Å². The van der Waals surface area contributed by atoms with E-state index in [9.17, 15) is 0 Å². The smallest absolute Gasteiger partial charge is 0.138 e. The molecule has 2 aliphatic rings. The molecule has 2 N–H and O–H groups in total. The summed E-state index contributed by atoms with van der Waals surface area (Å²) in [5.74, 6) is 0.882. The Morgan fingerprint density at radius 1 is 0.962 bits per heavy atom. The van der Waals surface area contributed by atoms with Gasteiger partial charge >= 0.3 is 0 Å². The molecule has 2 fully saturated rings. The molecule has 0 spiro atoms. The number of hydrogen-bond donors (Lipinski definition) is 2. The van der Waals surface area contributed by atoms with Crippen molar-refractivity contribution < 1.29 is 4.74 Å². The molecule has 0 aliphatic carbocycles. The van der Waals surface area contributed by atoms with E-state index in [1.807, 2.05) is 18.5 Å². The molecule has 2 atom stereocenters. The Hall–Kier alpha value is -1.75. The Morgan fingerprint density at radius 2 is 1.77 bits per heavy atom. The number of nitrogens with zero attached hydrogens (tertiary/aromatic N) is 1. The molecule has 2 unspecified atom stereocenters. The van der Waals surface area contributed by atoms with E-state index in [0.29, 0.717) is 18.2 Å². The third-order valence-electron chi connectivity index (χ3n) is 5.32. The minimum atomic E-state index is 0.